The number of benzene rings is 1. The van der Waals surface area contributed by atoms with E-state index in [1.165, 1.54) is 12.7 Å². The fourth-order valence-corrected chi connectivity index (χ4v) is 1.51. The lowest BCUT2D eigenvalue weighted by molar-refractivity contribution is -0.117. The minimum atomic E-state index is -0.455. The number of hydrogen-bond donors (Lipinski definition) is 0. The number of amides is 1. The van der Waals surface area contributed by atoms with Crippen molar-refractivity contribution in [3.8, 4) is 0 Å². The zero-order valence-electron chi connectivity index (χ0n) is 10.8. The van der Waals surface area contributed by atoms with Crippen molar-refractivity contribution in [1.82, 2.24) is 4.90 Å². The highest BCUT2D eigenvalue weighted by atomic mass is 16.5. The van der Waals surface area contributed by atoms with Crippen LogP contribution in [0.15, 0.2) is 47.3 Å². The van der Waals surface area contributed by atoms with E-state index in [1.54, 1.807) is 6.20 Å². The summed E-state index contributed by atoms with van der Waals surface area (Å²) in [6, 6.07) is 10.0. The summed E-state index contributed by atoms with van der Waals surface area (Å²) in [7, 11) is 1.45. The van der Waals surface area contributed by atoms with Crippen molar-refractivity contribution in [3.05, 3.63) is 47.9 Å². The molecule has 1 aromatic rings. The van der Waals surface area contributed by atoms with Crippen LogP contribution in [0.2, 0.25) is 0 Å². The van der Waals surface area contributed by atoms with Crippen LogP contribution >= 0.6 is 0 Å². The third kappa shape index (κ3) is 4.05. The van der Waals surface area contributed by atoms with Gasteiger partial charge in [-0.15, -0.1) is 0 Å². The lowest BCUT2D eigenvalue weighted by Gasteiger charge is -2.19. The number of carbonyl (C=O) groups excluding carboxylic acids is 1. The first kappa shape index (κ1) is 14.0. The highest BCUT2D eigenvalue weighted by Crippen LogP contribution is 2.08. The van der Waals surface area contributed by atoms with E-state index in [9.17, 15) is 4.79 Å². The summed E-state index contributed by atoms with van der Waals surface area (Å²) in [6.07, 6.45) is 1.67. The molecule has 96 valence electrons. The van der Waals surface area contributed by atoms with Crippen molar-refractivity contribution in [2.24, 2.45) is 4.99 Å². The molecule has 18 heavy (non-hydrogen) atoms. The Labute approximate surface area is 108 Å². The Bertz CT molecular complexity index is 427. The number of methoxy groups -OCH3 is 1. The standard InChI is InChI=1S/C14H18N2O2/c1-4-16(10-12-8-6-5-7-9-12)11-13(18-3)14(17)15-2/h5-9,11H,2,4,10H2,1,3H3/b13-11+. The second-order valence-electron chi connectivity index (χ2n) is 3.71. The monoisotopic (exact) mass is 246 g/mol. The zero-order chi connectivity index (χ0) is 13.4. The average molecular weight is 246 g/mol. The van der Waals surface area contributed by atoms with Crippen LogP contribution in [0.1, 0.15) is 12.5 Å². The molecule has 0 aliphatic carbocycles. The lowest BCUT2D eigenvalue weighted by Crippen LogP contribution is -2.18. The maximum atomic E-state index is 11.4. The molecule has 0 bridgehead atoms. The highest BCUT2D eigenvalue weighted by molar-refractivity contribution is 5.94. The van der Waals surface area contributed by atoms with Crippen molar-refractivity contribution in [1.29, 1.82) is 0 Å². The summed E-state index contributed by atoms with van der Waals surface area (Å²) in [5.41, 5.74) is 1.17. The molecule has 0 aliphatic heterocycles. The van der Waals surface area contributed by atoms with Gasteiger partial charge in [0.25, 0.3) is 0 Å². The second kappa shape index (κ2) is 7.27. The van der Waals surface area contributed by atoms with Crippen LogP contribution in [0.5, 0.6) is 0 Å². The number of aliphatic imine (C=N–C) groups is 1. The predicted octanol–water partition coefficient (Wildman–Crippen LogP) is 2.22. The fourth-order valence-electron chi connectivity index (χ4n) is 1.51. The minimum absolute atomic E-state index is 0.197. The molecule has 1 aromatic carbocycles. The number of nitrogens with zero attached hydrogens (tertiary/aromatic N) is 2. The Morgan fingerprint density at radius 2 is 2.11 bits per heavy atom. The second-order valence-corrected chi connectivity index (χ2v) is 3.71. The van der Waals surface area contributed by atoms with Crippen LogP contribution in [-0.4, -0.2) is 31.2 Å². The molecule has 0 aromatic heterocycles. The van der Waals surface area contributed by atoms with E-state index < -0.39 is 5.91 Å². The number of ether oxygens (including phenoxy) is 1. The Morgan fingerprint density at radius 1 is 1.44 bits per heavy atom. The minimum Gasteiger partial charge on any atom is -0.490 e. The molecule has 1 rings (SSSR count). The summed E-state index contributed by atoms with van der Waals surface area (Å²) in [4.78, 5) is 16.7. The molecule has 0 saturated carbocycles. The normalized spacial score (nSPS) is 10.9. The topological polar surface area (TPSA) is 41.9 Å². The SMILES string of the molecule is C=NC(=O)/C(=C\N(CC)Cc1ccccc1)OC. The van der Waals surface area contributed by atoms with Gasteiger partial charge in [-0.25, -0.2) is 4.99 Å². The van der Waals surface area contributed by atoms with Gasteiger partial charge in [-0.3, -0.25) is 4.79 Å². The molecule has 4 nitrogen and oxygen atoms in total. The van der Waals surface area contributed by atoms with E-state index in [1.807, 2.05) is 42.2 Å². The van der Waals surface area contributed by atoms with Gasteiger partial charge in [0.05, 0.1) is 7.11 Å². The third-order valence-corrected chi connectivity index (χ3v) is 2.51. The van der Waals surface area contributed by atoms with Gasteiger partial charge in [-0.05, 0) is 19.2 Å². The van der Waals surface area contributed by atoms with Crippen molar-refractivity contribution < 1.29 is 9.53 Å². The van der Waals surface area contributed by atoms with Gasteiger partial charge >= 0.3 is 5.91 Å². The first-order valence-electron chi connectivity index (χ1n) is 5.76. The molecule has 0 aliphatic rings. The Kier molecular flexibility index (Phi) is 5.64. The number of carbonyl (C=O) groups is 1. The third-order valence-electron chi connectivity index (χ3n) is 2.51. The van der Waals surface area contributed by atoms with Crippen molar-refractivity contribution in [2.75, 3.05) is 13.7 Å². The summed E-state index contributed by atoms with van der Waals surface area (Å²) < 4.78 is 5.01. The van der Waals surface area contributed by atoms with Crippen LogP contribution < -0.4 is 0 Å². The molecule has 4 heteroatoms. The van der Waals surface area contributed by atoms with E-state index in [0.29, 0.717) is 6.54 Å². The fraction of sp³-hybridized carbons (Fsp3) is 0.286. The molecule has 0 fully saturated rings. The largest absolute Gasteiger partial charge is 0.490 e. The first-order valence-corrected chi connectivity index (χ1v) is 5.76. The molecule has 0 radical (unpaired) electrons. The van der Waals surface area contributed by atoms with Crippen LogP contribution in [0.25, 0.3) is 0 Å². The van der Waals surface area contributed by atoms with Crippen LogP contribution in [0.4, 0.5) is 0 Å². The van der Waals surface area contributed by atoms with E-state index in [4.69, 9.17) is 4.74 Å². The van der Waals surface area contributed by atoms with E-state index in [0.717, 1.165) is 6.54 Å². The molecule has 0 atom stereocenters. The maximum Gasteiger partial charge on any atom is 0.312 e. The quantitative estimate of drug-likeness (QED) is 0.439. The smallest absolute Gasteiger partial charge is 0.312 e. The molecule has 0 spiro atoms. The number of hydrogen-bond acceptors (Lipinski definition) is 3. The summed E-state index contributed by atoms with van der Waals surface area (Å²) in [6.45, 7) is 6.71. The molecular weight excluding hydrogens is 228 g/mol. The van der Waals surface area contributed by atoms with E-state index in [-0.39, 0.29) is 5.76 Å². The van der Waals surface area contributed by atoms with Gasteiger partial charge in [0, 0.05) is 19.3 Å². The van der Waals surface area contributed by atoms with Crippen molar-refractivity contribution in [3.63, 3.8) is 0 Å². The van der Waals surface area contributed by atoms with Crippen molar-refractivity contribution in [2.45, 2.75) is 13.5 Å². The summed E-state index contributed by atoms with van der Waals surface area (Å²) >= 11 is 0. The first-order chi connectivity index (χ1) is 8.71. The average Bonchev–Trinajstić information content (AvgIpc) is 2.43. The Hall–Kier alpha value is -2.10. The van der Waals surface area contributed by atoms with E-state index in [2.05, 4.69) is 11.7 Å². The molecule has 0 unspecified atom stereocenters. The van der Waals surface area contributed by atoms with Gasteiger partial charge in [0.2, 0.25) is 5.76 Å². The van der Waals surface area contributed by atoms with Gasteiger partial charge in [-0.2, -0.15) is 0 Å². The van der Waals surface area contributed by atoms with Crippen molar-refractivity contribution >= 4 is 12.6 Å². The van der Waals surface area contributed by atoms with Gasteiger partial charge in [-0.1, -0.05) is 30.3 Å². The van der Waals surface area contributed by atoms with Crippen LogP contribution in [0, 0.1) is 0 Å². The van der Waals surface area contributed by atoms with Gasteiger partial charge in [0.15, 0.2) is 0 Å². The predicted molar refractivity (Wildman–Crippen MR) is 72.2 cm³/mol. The number of rotatable bonds is 6. The summed E-state index contributed by atoms with van der Waals surface area (Å²) in [5, 5.41) is 0. The molecular formula is C14H18N2O2. The maximum absolute atomic E-state index is 11.4. The molecule has 0 saturated heterocycles. The molecule has 0 heterocycles. The molecule has 0 N–H and O–H groups in total. The van der Waals surface area contributed by atoms with E-state index >= 15 is 0 Å². The Morgan fingerprint density at radius 3 is 2.61 bits per heavy atom. The summed E-state index contributed by atoms with van der Waals surface area (Å²) in [5.74, 6) is -0.258. The van der Waals surface area contributed by atoms with Crippen LogP contribution in [-0.2, 0) is 16.1 Å². The zero-order valence-corrected chi connectivity index (χ0v) is 10.8. The molecule has 1 amide bonds. The highest BCUT2D eigenvalue weighted by Gasteiger charge is 2.09. The van der Waals surface area contributed by atoms with Gasteiger partial charge in [0.1, 0.15) is 0 Å². The Balaban J connectivity index is 2.80. The van der Waals surface area contributed by atoms with Gasteiger partial charge < -0.3 is 9.64 Å². The van der Waals surface area contributed by atoms with Crippen LogP contribution in [0.3, 0.4) is 0 Å². The lowest BCUT2D eigenvalue weighted by atomic mass is 10.2.